The smallest absolute Gasteiger partial charge is 0.287 e. The minimum Gasteiger partial charge on any atom is -0.321 e. The average molecular weight is 181 g/mol. The van der Waals surface area contributed by atoms with Gasteiger partial charge in [-0.05, 0) is 19.9 Å². The molecule has 1 aromatic heterocycles. The molecule has 0 bridgehead atoms. The van der Waals surface area contributed by atoms with Crippen LogP contribution in [0.4, 0.5) is 5.69 Å². The predicted molar refractivity (Wildman–Crippen MR) is 48.1 cm³/mol. The van der Waals surface area contributed by atoms with Crippen molar-refractivity contribution in [2.75, 3.05) is 0 Å². The molecule has 2 N–H and O–H groups in total. The third-order valence-electron chi connectivity index (χ3n) is 1.62. The Bertz CT molecular complexity index is 313. The fourth-order valence-electron chi connectivity index (χ4n) is 0.875. The highest BCUT2D eigenvalue weighted by molar-refractivity contribution is 5.28. The Morgan fingerprint density at radius 1 is 1.54 bits per heavy atom. The van der Waals surface area contributed by atoms with Gasteiger partial charge in [0.2, 0.25) is 0 Å². The van der Waals surface area contributed by atoms with Crippen molar-refractivity contribution in [2.24, 2.45) is 5.73 Å². The number of pyridine rings is 1. The second-order valence-electron chi connectivity index (χ2n) is 3.38. The van der Waals surface area contributed by atoms with Gasteiger partial charge in [-0.15, -0.1) is 0 Å². The van der Waals surface area contributed by atoms with E-state index in [1.54, 1.807) is 19.9 Å². The van der Waals surface area contributed by atoms with Gasteiger partial charge in [-0.3, -0.25) is 15.1 Å². The summed E-state index contributed by atoms with van der Waals surface area (Å²) in [5.74, 6) is 0. The van der Waals surface area contributed by atoms with E-state index in [1.807, 2.05) is 0 Å². The van der Waals surface area contributed by atoms with E-state index in [2.05, 4.69) is 4.98 Å². The second kappa shape index (κ2) is 3.10. The van der Waals surface area contributed by atoms with Gasteiger partial charge in [0.25, 0.3) is 5.69 Å². The molecule has 0 spiro atoms. The molecule has 70 valence electrons. The summed E-state index contributed by atoms with van der Waals surface area (Å²) < 4.78 is 0. The quantitative estimate of drug-likeness (QED) is 0.548. The maximum Gasteiger partial charge on any atom is 0.287 e. The summed E-state index contributed by atoms with van der Waals surface area (Å²) in [4.78, 5) is 13.7. The number of hydrogen-bond acceptors (Lipinski definition) is 4. The first-order valence-electron chi connectivity index (χ1n) is 3.81. The first-order valence-corrected chi connectivity index (χ1v) is 3.81. The molecular formula is C8H11N3O2. The Kier molecular flexibility index (Phi) is 2.29. The lowest BCUT2D eigenvalue weighted by molar-refractivity contribution is -0.385. The van der Waals surface area contributed by atoms with Gasteiger partial charge in [0, 0.05) is 6.07 Å². The van der Waals surface area contributed by atoms with E-state index >= 15 is 0 Å². The van der Waals surface area contributed by atoms with Crippen LogP contribution in [0.15, 0.2) is 18.3 Å². The highest BCUT2D eigenvalue weighted by Gasteiger charge is 2.16. The van der Waals surface area contributed by atoms with E-state index in [9.17, 15) is 10.1 Å². The largest absolute Gasteiger partial charge is 0.321 e. The van der Waals surface area contributed by atoms with Crippen LogP contribution in [0.25, 0.3) is 0 Å². The lowest BCUT2D eigenvalue weighted by Crippen LogP contribution is -2.29. The fraction of sp³-hybridized carbons (Fsp3) is 0.375. The normalized spacial score (nSPS) is 11.3. The summed E-state index contributed by atoms with van der Waals surface area (Å²) in [5, 5.41) is 10.3. The van der Waals surface area contributed by atoms with Gasteiger partial charge in [-0.1, -0.05) is 0 Å². The van der Waals surface area contributed by atoms with E-state index in [-0.39, 0.29) is 5.69 Å². The first-order chi connectivity index (χ1) is 5.91. The SMILES string of the molecule is CC(C)(N)c1ccc([N+](=O)[O-])cn1. The Morgan fingerprint density at radius 3 is 2.46 bits per heavy atom. The molecule has 0 aliphatic heterocycles. The molecule has 0 saturated heterocycles. The van der Waals surface area contributed by atoms with Crippen molar-refractivity contribution in [3.05, 3.63) is 34.1 Å². The summed E-state index contributed by atoms with van der Waals surface area (Å²) >= 11 is 0. The van der Waals surface area contributed by atoms with Crippen LogP contribution in [-0.2, 0) is 5.54 Å². The number of aromatic nitrogens is 1. The molecule has 0 atom stereocenters. The third kappa shape index (κ3) is 2.22. The van der Waals surface area contributed by atoms with Gasteiger partial charge in [0.1, 0.15) is 6.20 Å². The monoisotopic (exact) mass is 181 g/mol. The number of nitrogens with zero attached hydrogens (tertiary/aromatic N) is 2. The molecule has 0 aromatic carbocycles. The Hall–Kier alpha value is -1.49. The zero-order chi connectivity index (χ0) is 10.1. The molecule has 5 heteroatoms. The minimum atomic E-state index is -0.560. The van der Waals surface area contributed by atoms with Crippen LogP contribution in [0.2, 0.25) is 0 Å². The molecular weight excluding hydrogens is 170 g/mol. The maximum atomic E-state index is 10.3. The summed E-state index contributed by atoms with van der Waals surface area (Å²) in [5.41, 5.74) is 5.81. The Morgan fingerprint density at radius 2 is 2.15 bits per heavy atom. The maximum absolute atomic E-state index is 10.3. The summed E-state index contributed by atoms with van der Waals surface area (Å²) in [6.45, 7) is 3.59. The van der Waals surface area contributed by atoms with E-state index in [4.69, 9.17) is 5.73 Å². The number of rotatable bonds is 2. The van der Waals surface area contributed by atoms with E-state index in [1.165, 1.54) is 12.3 Å². The van der Waals surface area contributed by atoms with Gasteiger partial charge in [-0.2, -0.15) is 0 Å². The van der Waals surface area contributed by atoms with Crippen LogP contribution < -0.4 is 5.73 Å². The van der Waals surface area contributed by atoms with Crippen LogP contribution >= 0.6 is 0 Å². The van der Waals surface area contributed by atoms with Crippen LogP contribution in [0, 0.1) is 10.1 Å². The molecule has 1 aromatic rings. The van der Waals surface area contributed by atoms with E-state index in [0.29, 0.717) is 5.69 Å². The van der Waals surface area contributed by atoms with Crippen molar-refractivity contribution in [3.8, 4) is 0 Å². The van der Waals surface area contributed by atoms with Gasteiger partial charge in [-0.25, -0.2) is 0 Å². The Balaban J connectivity index is 3.01. The van der Waals surface area contributed by atoms with Crippen LogP contribution in [-0.4, -0.2) is 9.91 Å². The lowest BCUT2D eigenvalue weighted by Gasteiger charge is -2.16. The average Bonchev–Trinajstić information content (AvgIpc) is 2.03. The van der Waals surface area contributed by atoms with Crippen LogP contribution in [0.5, 0.6) is 0 Å². The zero-order valence-electron chi connectivity index (χ0n) is 7.52. The van der Waals surface area contributed by atoms with Gasteiger partial charge in [0.05, 0.1) is 16.2 Å². The second-order valence-corrected chi connectivity index (χ2v) is 3.38. The van der Waals surface area contributed by atoms with E-state index < -0.39 is 10.5 Å². The van der Waals surface area contributed by atoms with Gasteiger partial charge in [0.15, 0.2) is 0 Å². The van der Waals surface area contributed by atoms with Crippen molar-refractivity contribution in [3.63, 3.8) is 0 Å². The molecule has 5 nitrogen and oxygen atoms in total. The van der Waals surface area contributed by atoms with E-state index in [0.717, 1.165) is 0 Å². The van der Waals surface area contributed by atoms with Gasteiger partial charge >= 0.3 is 0 Å². The molecule has 1 rings (SSSR count). The highest BCUT2D eigenvalue weighted by Crippen LogP contribution is 2.16. The zero-order valence-corrected chi connectivity index (χ0v) is 7.52. The van der Waals surface area contributed by atoms with Crippen molar-refractivity contribution in [1.82, 2.24) is 4.98 Å². The third-order valence-corrected chi connectivity index (χ3v) is 1.62. The molecule has 0 aliphatic carbocycles. The summed E-state index contributed by atoms with van der Waals surface area (Å²) in [6.07, 6.45) is 1.21. The molecule has 0 aliphatic rings. The van der Waals surface area contributed by atoms with Crippen molar-refractivity contribution >= 4 is 5.69 Å². The highest BCUT2D eigenvalue weighted by atomic mass is 16.6. The van der Waals surface area contributed by atoms with Crippen molar-refractivity contribution in [2.45, 2.75) is 19.4 Å². The van der Waals surface area contributed by atoms with Crippen LogP contribution in [0.1, 0.15) is 19.5 Å². The number of nitrogens with two attached hydrogens (primary N) is 1. The fourth-order valence-corrected chi connectivity index (χ4v) is 0.875. The number of hydrogen-bond donors (Lipinski definition) is 1. The molecule has 0 fully saturated rings. The molecule has 1 heterocycles. The predicted octanol–water partition coefficient (Wildman–Crippen LogP) is 1.18. The molecule has 13 heavy (non-hydrogen) atoms. The molecule has 0 saturated carbocycles. The first kappa shape index (κ1) is 9.60. The topological polar surface area (TPSA) is 82.0 Å². The summed E-state index contributed by atoms with van der Waals surface area (Å²) in [6, 6.07) is 2.97. The molecule has 0 unspecified atom stereocenters. The molecule has 0 amide bonds. The lowest BCUT2D eigenvalue weighted by atomic mass is 10.0. The van der Waals surface area contributed by atoms with Crippen LogP contribution in [0.3, 0.4) is 0 Å². The molecule has 0 radical (unpaired) electrons. The minimum absolute atomic E-state index is 0.0204. The van der Waals surface area contributed by atoms with Crippen molar-refractivity contribution in [1.29, 1.82) is 0 Å². The summed E-state index contributed by atoms with van der Waals surface area (Å²) in [7, 11) is 0. The standard InChI is InChI=1S/C8H11N3O2/c1-8(2,9)7-4-3-6(5-10-7)11(12)13/h3-5H,9H2,1-2H3. The van der Waals surface area contributed by atoms with Crippen molar-refractivity contribution < 1.29 is 4.92 Å². The number of nitro groups is 1. The van der Waals surface area contributed by atoms with Gasteiger partial charge < -0.3 is 5.73 Å². The Labute approximate surface area is 75.7 Å².